The zero-order valence-corrected chi connectivity index (χ0v) is 18.8. The van der Waals surface area contributed by atoms with Crippen molar-refractivity contribution in [2.24, 2.45) is 4.40 Å². The second kappa shape index (κ2) is 9.57. The molecule has 1 aromatic heterocycles. The lowest BCUT2D eigenvalue weighted by Gasteiger charge is -2.17. The van der Waals surface area contributed by atoms with E-state index in [-0.39, 0.29) is 28.6 Å². The first-order chi connectivity index (χ1) is 14.3. The Kier molecular flexibility index (Phi) is 7.09. The highest BCUT2D eigenvalue weighted by atomic mass is 32.2. The van der Waals surface area contributed by atoms with Crippen molar-refractivity contribution in [1.82, 2.24) is 9.47 Å². The number of rotatable bonds is 6. The van der Waals surface area contributed by atoms with Gasteiger partial charge in [-0.25, -0.2) is 0 Å². The number of amidine groups is 1. The van der Waals surface area contributed by atoms with Gasteiger partial charge in [0, 0.05) is 49.7 Å². The number of likely N-dealkylation sites (tertiary alicyclic amines) is 1. The van der Waals surface area contributed by atoms with Crippen LogP contribution in [0.5, 0.6) is 0 Å². The number of hydrogen-bond acceptors (Lipinski definition) is 5. The van der Waals surface area contributed by atoms with Crippen LogP contribution < -0.4 is 10.2 Å². The molecule has 2 heterocycles. The predicted molar refractivity (Wildman–Crippen MR) is 119 cm³/mol. The number of benzene rings is 1. The number of hydrogen-bond donors (Lipinski definition) is 1. The number of sulfonamides is 1. The molecular weight excluding hydrogens is 424 g/mol. The molecule has 0 unspecified atom stereocenters. The molecular formula is C20H26N4O4S2. The van der Waals surface area contributed by atoms with Crippen molar-refractivity contribution in [2.45, 2.75) is 50.5 Å². The van der Waals surface area contributed by atoms with Crippen LogP contribution in [0.4, 0.5) is 5.69 Å². The van der Waals surface area contributed by atoms with E-state index < -0.39 is 10.0 Å². The molecule has 0 saturated carbocycles. The summed E-state index contributed by atoms with van der Waals surface area (Å²) >= 11 is 1.10. The van der Waals surface area contributed by atoms with Gasteiger partial charge in [-0.15, -0.1) is 4.40 Å². The fraction of sp³-hybridized carbons (Fsp3) is 0.450. The summed E-state index contributed by atoms with van der Waals surface area (Å²) in [6.07, 6.45) is 3.74. The number of anilines is 1. The largest absolute Gasteiger partial charge is 0.362 e. The van der Waals surface area contributed by atoms with Gasteiger partial charge in [-0.05, 0) is 38.0 Å². The summed E-state index contributed by atoms with van der Waals surface area (Å²) in [6, 6.07) is 6.09. The van der Waals surface area contributed by atoms with Gasteiger partial charge in [0.1, 0.15) is 5.84 Å². The van der Waals surface area contributed by atoms with Crippen LogP contribution in [0.2, 0.25) is 0 Å². The topological polar surface area (TPSA) is 101 Å². The monoisotopic (exact) mass is 450 g/mol. The van der Waals surface area contributed by atoms with E-state index in [4.69, 9.17) is 0 Å². The molecule has 1 aliphatic rings. The van der Waals surface area contributed by atoms with Crippen LogP contribution in [-0.2, 0) is 21.4 Å². The molecule has 1 amide bonds. The fourth-order valence-electron chi connectivity index (χ4n) is 3.28. The van der Waals surface area contributed by atoms with Gasteiger partial charge in [0.25, 0.3) is 10.0 Å². The van der Waals surface area contributed by atoms with Crippen LogP contribution in [0.15, 0.2) is 43.7 Å². The van der Waals surface area contributed by atoms with Crippen LogP contribution in [0, 0.1) is 6.92 Å². The molecule has 1 saturated heterocycles. The average molecular weight is 451 g/mol. The minimum atomic E-state index is -3.88. The lowest BCUT2D eigenvalue weighted by molar-refractivity contribution is -0.116. The molecule has 1 aliphatic heterocycles. The summed E-state index contributed by atoms with van der Waals surface area (Å²) in [5, 5.41) is 4.46. The van der Waals surface area contributed by atoms with Crippen molar-refractivity contribution in [3.05, 3.63) is 45.0 Å². The molecule has 162 valence electrons. The zero-order chi connectivity index (χ0) is 21.7. The molecule has 0 spiro atoms. The molecule has 8 nitrogen and oxygen atoms in total. The first-order valence-electron chi connectivity index (χ1n) is 9.86. The summed E-state index contributed by atoms with van der Waals surface area (Å²) in [4.78, 5) is 25.9. The second-order valence-electron chi connectivity index (χ2n) is 7.34. The Morgan fingerprint density at radius 1 is 1.27 bits per heavy atom. The van der Waals surface area contributed by atoms with Crippen LogP contribution in [0.1, 0.15) is 37.8 Å². The highest BCUT2D eigenvalue weighted by molar-refractivity contribution is 7.90. The van der Waals surface area contributed by atoms with Crippen molar-refractivity contribution in [3.8, 4) is 0 Å². The first-order valence-corrected chi connectivity index (χ1v) is 12.2. The SMILES string of the molecule is Cc1csc(=O)n1CCC(=O)Nc1cccc(S(=O)(=O)/N=C2\CCCCCN2C)c1. The van der Waals surface area contributed by atoms with E-state index in [9.17, 15) is 18.0 Å². The van der Waals surface area contributed by atoms with Crippen molar-refractivity contribution in [2.75, 3.05) is 18.9 Å². The number of thiazole rings is 1. The minimum Gasteiger partial charge on any atom is -0.362 e. The lowest BCUT2D eigenvalue weighted by atomic mass is 10.2. The van der Waals surface area contributed by atoms with E-state index in [0.29, 0.717) is 17.9 Å². The number of amides is 1. The Balaban J connectivity index is 1.70. The lowest BCUT2D eigenvalue weighted by Crippen LogP contribution is -2.26. The van der Waals surface area contributed by atoms with Crippen LogP contribution in [-0.4, -0.2) is 43.2 Å². The molecule has 3 rings (SSSR count). The zero-order valence-electron chi connectivity index (χ0n) is 17.1. The van der Waals surface area contributed by atoms with Crippen molar-refractivity contribution >= 4 is 38.8 Å². The van der Waals surface area contributed by atoms with Crippen LogP contribution in [0.3, 0.4) is 0 Å². The standard InChI is InChI=1S/C20H26N4O4S2/c1-15-14-29-20(26)24(15)12-10-19(25)21-16-7-6-8-17(13-16)30(27,28)22-18-9-4-3-5-11-23(18)2/h6-8,13-14H,3-5,9-12H2,1-2H3,(H,21,25)/b22-18+. The van der Waals surface area contributed by atoms with E-state index in [1.54, 1.807) is 22.1 Å². The van der Waals surface area contributed by atoms with Crippen molar-refractivity contribution in [3.63, 3.8) is 0 Å². The molecule has 0 radical (unpaired) electrons. The van der Waals surface area contributed by atoms with Gasteiger partial charge in [0.05, 0.1) is 4.90 Å². The molecule has 0 aliphatic carbocycles. The van der Waals surface area contributed by atoms with E-state index in [0.717, 1.165) is 42.8 Å². The molecule has 30 heavy (non-hydrogen) atoms. The maximum Gasteiger partial charge on any atom is 0.307 e. The maximum atomic E-state index is 12.8. The number of aryl methyl sites for hydroxylation is 1. The average Bonchev–Trinajstić information content (AvgIpc) is 2.88. The van der Waals surface area contributed by atoms with E-state index in [2.05, 4.69) is 9.71 Å². The van der Waals surface area contributed by atoms with Gasteiger partial charge < -0.3 is 14.8 Å². The Hall–Kier alpha value is -2.46. The predicted octanol–water partition coefficient (Wildman–Crippen LogP) is 2.84. The van der Waals surface area contributed by atoms with E-state index in [1.165, 1.54) is 12.1 Å². The summed E-state index contributed by atoms with van der Waals surface area (Å²) in [5.41, 5.74) is 1.19. The molecule has 1 N–H and O–H groups in total. The van der Waals surface area contributed by atoms with Gasteiger partial charge in [-0.1, -0.05) is 23.8 Å². The third kappa shape index (κ3) is 5.57. The molecule has 1 aromatic carbocycles. The van der Waals surface area contributed by atoms with Crippen molar-refractivity contribution < 1.29 is 13.2 Å². The first kappa shape index (κ1) is 22.2. The third-order valence-electron chi connectivity index (χ3n) is 5.01. The van der Waals surface area contributed by atoms with Gasteiger partial charge >= 0.3 is 4.87 Å². The van der Waals surface area contributed by atoms with E-state index in [1.807, 2.05) is 18.9 Å². The Morgan fingerprint density at radius 3 is 2.80 bits per heavy atom. The number of carbonyl (C=O) groups is 1. The fourth-order valence-corrected chi connectivity index (χ4v) is 5.18. The molecule has 1 fully saturated rings. The van der Waals surface area contributed by atoms with Gasteiger partial charge in [-0.3, -0.25) is 9.59 Å². The number of carbonyl (C=O) groups excluding carboxylic acids is 1. The van der Waals surface area contributed by atoms with E-state index >= 15 is 0 Å². The highest BCUT2D eigenvalue weighted by Crippen LogP contribution is 2.20. The number of nitrogens with one attached hydrogen (secondary N) is 1. The summed E-state index contributed by atoms with van der Waals surface area (Å²) in [7, 11) is -2.02. The van der Waals surface area contributed by atoms with Gasteiger partial charge in [-0.2, -0.15) is 8.42 Å². The Morgan fingerprint density at radius 2 is 2.07 bits per heavy atom. The number of aromatic nitrogens is 1. The Bertz CT molecular complexity index is 1100. The smallest absolute Gasteiger partial charge is 0.307 e. The van der Waals surface area contributed by atoms with Gasteiger partial charge in [0.15, 0.2) is 0 Å². The van der Waals surface area contributed by atoms with Crippen LogP contribution in [0.25, 0.3) is 0 Å². The normalized spacial score (nSPS) is 16.5. The van der Waals surface area contributed by atoms with Gasteiger partial charge in [0.2, 0.25) is 5.91 Å². The third-order valence-corrected chi connectivity index (χ3v) is 7.20. The van der Waals surface area contributed by atoms with Crippen LogP contribution >= 0.6 is 11.3 Å². The second-order valence-corrected chi connectivity index (χ2v) is 9.76. The molecule has 2 aromatic rings. The summed E-state index contributed by atoms with van der Waals surface area (Å²) in [6.45, 7) is 2.88. The van der Waals surface area contributed by atoms with Crippen molar-refractivity contribution in [1.29, 1.82) is 0 Å². The highest BCUT2D eigenvalue weighted by Gasteiger charge is 2.19. The maximum absolute atomic E-state index is 12.8. The summed E-state index contributed by atoms with van der Waals surface area (Å²) < 4.78 is 31.2. The molecule has 0 bridgehead atoms. The summed E-state index contributed by atoms with van der Waals surface area (Å²) in [5.74, 6) is 0.273. The number of nitrogens with zero attached hydrogens (tertiary/aromatic N) is 3. The molecule has 10 heteroatoms. The molecule has 0 atom stereocenters. The quantitative estimate of drug-likeness (QED) is 0.729. The minimum absolute atomic E-state index is 0.0374. The Labute approximate surface area is 180 Å².